The van der Waals surface area contributed by atoms with Crippen LogP contribution < -0.4 is 5.46 Å². The number of hydrogen-bond acceptors (Lipinski definition) is 4. The minimum atomic E-state index is 0.767. The first kappa shape index (κ1) is 11.2. The molecule has 3 nitrogen and oxygen atoms in total. The largest absolute Gasteiger partial charge is 0.462 e. The van der Waals surface area contributed by atoms with E-state index in [0.717, 1.165) is 22.2 Å². The van der Waals surface area contributed by atoms with Crippen LogP contribution in [0.15, 0.2) is 41.0 Å². The average Bonchev–Trinajstić information content (AvgIpc) is 2.99. The summed E-state index contributed by atoms with van der Waals surface area (Å²) in [6.45, 7) is 2.08. The molecule has 0 amide bonds. The van der Waals surface area contributed by atoms with Crippen molar-refractivity contribution in [3.8, 4) is 22.2 Å². The molecule has 0 saturated heterocycles. The van der Waals surface area contributed by atoms with Crippen LogP contribution in [0, 0.1) is 6.92 Å². The van der Waals surface area contributed by atoms with Crippen molar-refractivity contribution in [2.45, 2.75) is 6.92 Å². The number of rotatable bonds is 2. The summed E-state index contributed by atoms with van der Waals surface area (Å²) in [6.07, 6.45) is 1.65. The Morgan fingerprint density at radius 3 is 2.89 bits per heavy atom. The molecule has 0 fully saturated rings. The second kappa shape index (κ2) is 4.42. The van der Waals surface area contributed by atoms with Gasteiger partial charge in [-0.15, -0.1) is 0 Å². The van der Waals surface area contributed by atoms with Crippen LogP contribution in [-0.4, -0.2) is 17.2 Å². The summed E-state index contributed by atoms with van der Waals surface area (Å²) in [6, 6.07) is 10.0. The van der Waals surface area contributed by atoms with Gasteiger partial charge in [0.1, 0.15) is 7.85 Å². The maximum Gasteiger partial charge on any atom is 0.179 e. The number of furan rings is 1. The van der Waals surface area contributed by atoms with Crippen molar-refractivity contribution in [3.05, 3.63) is 42.2 Å². The summed E-state index contributed by atoms with van der Waals surface area (Å²) in [7, 11) is 2.08. The van der Waals surface area contributed by atoms with E-state index < -0.39 is 0 Å². The van der Waals surface area contributed by atoms with Crippen molar-refractivity contribution in [2.75, 3.05) is 0 Å². The van der Waals surface area contributed by atoms with E-state index in [4.69, 9.17) is 4.42 Å². The Bertz CT molecular complexity index is 676. The Morgan fingerprint density at radius 1 is 1.28 bits per heavy atom. The molecule has 1 aromatic carbocycles. The highest BCUT2D eigenvalue weighted by Crippen LogP contribution is 2.27. The molecule has 2 heterocycles. The molecule has 3 rings (SSSR count). The first-order valence-corrected chi connectivity index (χ1v) is 6.46. The first-order valence-electron chi connectivity index (χ1n) is 5.69. The molecule has 88 valence electrons. The molecule has 0 bridgehead atoms. The Hall–Kier alpha value is -1.88. The van der Waals surface area contributed by atoms with Gasteiger partial charge in [-0.3, -0.25) is 0 Å². The molecule has 0 N–H and O–H groups in total. The molecule has 18 heavy (non-hydrogen) atoms. The second-order valence-corrected chi connectivity index (χ2v) is 4.97. The summed E-state index contributed by atoms with van der Waals surface area (Å²) in [4.78, 5) is 4.53. The fourth-order valence-electron chi connectivity index (χ4n) is 1.90. The molecular weight excluding hydrogens is 243 g/mol. The smallest absolute Gasteiger partial charge is 0.179 e. The number of benzene rings is 1. The van der Waals surface area contributed by atoms with E-state index in [0.29, 0.717) is 0 Å². The van der Waals surface area contributed by atoms with Gasteiger partial charge < -0.3 is 4.42 Å². The zero-order chi connectivity index (χ0) is 12.5. The summed E-state index contributed by atoms with van der Waals surface area (Å²) in [5.41, 5.74) is 3.52. The summed E-state index contributed by atoms with van der Waals surface area (Å²) >= 11 is 1.36. The molecule has 3 aromatic rings. The quantitative estimate of drug-likeness (QED) is 0.657. The molecule has 0 aliphatic rings. The average molecular weight is 254 g/mol. The summed E-state index contributed by atoms with van der Waals surface area (Å²) in [5.74, 6) is 1.53. The molecule has 0 radical (unpaired) electrons. The van der Waals surface area contributed by atoms with E-state index in [1.54, 1.807) is 6.26 Å². The standard InChI is InChI=1S/C13H11BN2OS/c1-8-7-9(14)4-5-10(8)12-15-13(18-16-12)11-3-2-6-17-11/h2-7H,14H2,1H3. The van der Waals surface area contributed by atoms with Crippen molar-refractivity contribution in [1.29, 1.82) is 0 Å². The van der Waals surface area contributed by atoms with Crippen LogP contribution in [0.5, 0.6) is 0 Å². The predicted molar refractivity (Wildman–Crippen MR) is 76.0 cm³/mol. The van der Waals surface area contributed by atoms with Crippen LogP contribution in [0.4, 0.5) is 0 Å². The monoisotopic (exact) mass is 254 g/mol. The fraction of sp³-hybridized carbons (Fsp3) is 0.0769. The highest BCUT2D eigenvalue weighted by molar-refractivity contribution is 7.09. The Kier molecular flexibility index (Phi) is 2.76. The third-order valence-corrected chi connectivity index (χ3v) is 3.51. The van der Waals surface area contributed by atoms with E-state index in [-0.39, 0.29) is 0 Å². The van der Waals surface area contributed by atoms with Crippen LogP contribution in [-0.2, 0) is 0 Å². The zero-order valence-corrected chi connectivity index (χ0v) is 11.0. The molecule has 5 heteroatoms. The van der Waals surface area contributed by atoms with Crippen LogP contribution in [0.25, 0.3) is 22.2 Å². The van der Waals surface area contributed by atoms with Crippen molar-refractivity contribution in [2.24, 2.45) is 0 Å². The number of aryl methyl sites for hydroxylation is 1. The van der Waals surface area contributed by atoms with Crippen LogP contribution in [0.3, 0.4) is 0 Å². The van der Waals surface area contributed by atoms with Gasteiger partial charge in [0.25, 0.3) is 0 Å². The topological polar surface area (TPSA) is 38.9 Å². The molecular formula is C13H11BN2OS. The minimum Gasteiger partial charge on any atom is -0.462 e. The Balaban J connectivity index is 2.03. The SMILES string of the molecule is Bc1ccc(-c2nsc(-c3ccco3)n2)c(C)c1. The second-order valence-electron chi connectivity index (χ2n) is 4.22. The van der Waals surface area contributed by atoms with Gasteiger partial charge in [-0.2, -0.15) is 4.37 Å². The van der Waals surface area contributed by atoms with Gasteiger partial charge in [-0.05, 0) is 36.2 Å². The number of nitrogens with zero attached hydrogens (tertiary/aromatic N) is 2. The minimum absolute atomic E-state index is 0.767. The zero-order valence-electron chi connectivity index (χ0n) is 10.2. The molecule has 0 saturated carbocycles. The van der Waals surface area contributed by atoms with Gasteiger partial charge in [0, 0.05) is 5.56 Å². The molecule has 0 unspecified atom stereocenters. The molecule has 2 aromatic heterocycles. The van der Waals surface area contributed by atoms with E-state index in [2.05, 4.69) is 42.3 Å². The predicted octanol–water partition coefficient (Wildman–Crippen LogP) is 2.03. The van der Waals surface area contributed by atoms with Gasteiger partial charge >= 0.3 is 0 Å². The van der Waals surface area contributed by atoms with Gasteiger partial charge in [0.05, 0.1) is 6.26 Å². The maximum atomic E-state index is 5.33. The normalized spacial score (nSPS) is 10.7. The fourth-order valence-corrected chi connectivity index (χ4v) is 2.54. The number of aromatic nitrogens is 2. The van der Waals surface area contributed by atoms with Gasteiger partial charge in [0.2, 0.25) is 0 Å². The van der Waals surface area contributed by atoms with Crippen molar-refractivity contribution in [3.63, 3.8) is 0 Å². The Morgan fingerprint density at radius 2 is 2.17 bits per heavy atom. The highest BCUT2D eigenvalue weighted by atomic mass is 32.1. The van der Waals surface area contributed by atoms with Crippen molar-refractivity contribution < 1.29 is 4.42 Å². The third kappa shape index (κ3) is 1.97. The Labute approximate surface area is 110 Å². The maximum absolute atomic E-state index is 5.33. The van der Waals surface area contributed by atoms with Crippen LogP contribution >= 0.6 is 11.5 Å². The lowest BCUT2D eigenvalue weighted by Crippen LogP contribution is -2.02. The van der Waals surface area contributed by atoms with Crippen molar-refractivity contribution in [1.82, 2.24) is 9.36 Å². The van der Waals surface area contributed by atoms with Crippen LogP contribution in [0.1, 0.15) is 5.56 Å². The summed E-state index contributed by atoms with van der Waals surface area (Å²) < 4.78 is 9.73. The van der Waals surface area contributed by atoms with E-state index in [9.17, 15) is 0 Å². The van der Waals surface area contributed by atoms with Gasteiger partial charge in [-0.1, -0.05) is 23.7 Å². The molecule has 0 spiro atoms. The first-order chi connectivity index (χ1) is 8.74. The lowest BCUT2D eigenvalue weighted by atomic mass is 9.92. The molecule has 0 aliphatic heterocycles. The van der Waals surface area contributed by atoms with E-state index >= 15 is 0 Å². The lowest BCUT2D eigenvalue weighted by Gasteiger charge is -2.02. The third-order valence-electron chi connectivity index (χ3n) is 2.78. The van der Waals surface area contributed by atoms with E-state index in [1.165, 1.54) is 22.6 Å². The summed E-state index contributed by atoms with van der Waals surface area (Å²) in [5, 5.41) is 0.815. The van der Waals surface area contributed by atoms with Crippen molar-refractivity contribution >= 4 is 24.8 Å². The van der Waals surface area contributed by atoms with E-state index in [1.807, 2.05) is 12.1 Å². The molecule has 0 aliphatic carbocycles. The van der Waals surface area contributed by atoms with Crippen LogP contribution in [0.2, 0.25) is 0 Å². The van der Waals surface area contributed by atoms with Gasteiger partial charge in [-0.25, -0.2) is 4.98 Å². The lowest BCUT2D eigenvalue weighted by molar-refractivity contribution is 0.582. The number of hydrogen-bond donors (Lipinski definition) is 0. The highest BCUT2D eigenvalue weighted by Gasteiger charge is 2.11. The molecule has 0 atom stereocenters. The van der Waals surface area contributed by atoms with Gasteiger partial charge in [0.15, 0.2) is 16.6 Å².